The molecular weight excluding hydrogens is 360 g/mol. The number of benzene rings is 1. The molecule has 0 heterocycles. The third-order valence-corrected chi connectivity index (χ3v) is 3.50. The molecule has 3 N–H and O–H groups in total. The monoisotopic (exact) mass is 380 g/mol. The SMILES string of the molecule is CCC(C)NCc1cc(Br)c(OCC(N)=O)c(OC)c1.Cl. The van der Waals surface area contributed by atoms with Crippen molar-refractivity contribution >= 4 is 34.2 Å². The van der Waals surface area contributed by atoms with E-state index < -0.39 is 5.91 Å². The number of halogens is 2. The van der Waals surface area contributed by atoms with Crippen molar-refractivity contribution in [3.8, 4) is 11.5 Å². The number of hydrogen-bond donors (Lipinski definition) is 2. The normalized spacial score (nSPS) is 11.4. The fraction of sp³-hybridized carbons (Fsp3) is 0.500. The summed E-state index contributed by atoms with van der Waals surface area (Å²) in [6.07, 6.45) is 1.07. The second-order valence-corrected chi connectivity index (χ2v) is 5.41. The van der Waals surface area contributed by atoms with E-state index in [2.05, 4.69) is 35.1 Å². The van der Waals surface area contributed by atoms with Crippen molar-refractivity contribution in [3.63, 3.8) is 0 Å². The van der Waals surface area contributed by atoms with Crippen molar-refractivity contribution in [3.05, 3.63) is 22.2 Å². The van der Waals surface area contributed by atoms with Crippen LogP contribution in [0.25, 0.3) is 0 Å². The quantitative estimate of drug-likeness (QED) is 0.726. The summed E-state index contributed by atoms with van der Waals surface area (Å²) in [4.78, 5) is 10.8. The summed E-state index contributed by atoms with van der Waals surface area (Å²) in [5.41, 5.74) is 6.15. The van der Waals surface area contributed by atoms with E-state index >= 15 is 0 Å². The number of carbonyl (C=O) groups excluding carboxylic acids is 1. The van der Waals surface area contributed by atoms with Gasteiger partial charge in [-0.2, -0.15) is 0 Å². The molecule has 0 fully saturated rings. The average Bonchev–Trinajstić information content (AvgIpc) is 2.42. The molecule has 1 rings (SSSR count). The summed E-state index contributed by atoms with van der Waals surface area (Å²) in [5.74, 6) is 0.529. The highest BCUT2D eigenvalue weighted by Crippen LogP contribution is 2.36. The Labute approximate surface area is 140 Å². The van der Waals surface area contributed by atoms with Crippen molar-refractivity contribution in [1.82, 2.24) is 5.32 Å². The second kappa shape index (κ2) is 9.87. The largest absolute Gasteiger partial charge is 0.493 e. The van der Waals surface area contributed by atoms with Crippen molar-refractivity contribution in [2.45, 2.75) is 32.9 Å². The molecule has 0 aliphatic carbocycles. The number of nitrogens with two attached hydrogens (primary N) is 1. The summed E-state index contributed by atoms with van der Waals surface area (Å²) in [6, 6.07) is 4.27. The number of carbonyl (C=O) groups is 1. The van der Waals surface area contributed by atoms with Gasteiger partial charge in [0.05, 0.1) is 11.6 Å². The molecule has 0 saturated heterocycles. The number of ether oxygens (including phenoxy) is 2. The molecule has 21 heavy (non-hydrogen) atoms. The summed E-state index contributed by atoms with van der Waals surface area (Å²) in [7, 11) is 1.56. The summed E-state index contributed by atoms with van der Waals surface area (Å²) >= 11 is 3.43. The number of hydrogen-bond acceptors (Lipinski definition) is 4. The van der Waals surface area contributed by atoms with E-state index in [0.717, 1.165) is 23.0 Å². The Morgan fingerprint density at radius 1 is 1.48 bits per heavy atom. The van der Waals surface area contributed by atoms with E-state index in [1.54, 1.807) is 7.11 Å². The lowest BCUT2D eigenvalue weighted by atomic mass is 10.1. The Morgan fingerprint density at radius 2 is 2.14 bits per heavy atom. The van der Waals surface area contributed by atoms with Crippen LogP contribution in [0.3, 0.4) is 0 Å². The zero-order chi connectivity index (χ0) is 15.1. The Balaban J connectivity index is 0.00000400. The minimum atomic E-state index is -0.526. The van der Waals surface area contributed by atoms with Gasteiger partial charge in [-0.1, -0.05) is 6.92 Å². The molecular formula is C14H22BrClN2O3. The molecule has 5 nitrogen and oxygen atoms in total. The molecule has 0 aromatic heterocycles. The first kappa shape index (κ1) is 20.0. The second-order valence-electron chi connectivity index (χ2n) is 4.55. The van der Waals surface area contributed by atoms with Crippen molar-refractivity contribution < 1.29 is 14.3 Å². The van der Waals surface area contributed by atoms with Gasteiger partial charge in [-0.15, -0.1) is 12.4 Å². The lowest BCUT2D eigenvalue weighted by Crippen LogP contribution is -2.24. The lowest BCUT2D eigenvalue weighted by molar-refractivity contribution is -0.119. The van der Waals surface area contributed by atoms with Gasteiger partial charge in [-0.05, 0) is 47.0 Å². The van der Waals surface area contributed by atoms with Crippen LogP contribution in [0, 0.1) is 0 Å². The zero-order valence-corrected chi connectivity index (χ0v) is 14.8. The van der Waals surface area contributed by atoms with Gasteiger partial charge in [0, 0.05) is 12.6 Å². The Hall–Kier alpha value is -0.980. The highest BCUT2D eigenvalue weighted by Gasteiger charge is 2.13. The molecule has 120 valence electrons. The molecule has 1 aromatic carbocycles. The molecule has 1 atom stereocenters. The standard InChI is InChI=1S/C14H21BrN2O3.ClH/c1-4-9(2)17-7-10-5-11(15)14(12(6-10)19-3)20-8-13(16)18;/h5-6,9,17H,4,7-8H2,1-3H3,(H2,16,18);1H. The molecule has 1 amide bonds. The Kier molecular flexibility index (Phi) is 9.41. The first-order valence-corrected chi connectivity index (χ1v) is 7.28. The Bertz CT molecular complexity index is 472. The average molecular weight is 382 g/mol. The predicted molar refractivity (Wildman–Crippen MR) is 89.2 cm³/mol. The maximum atomic E-state index is 10.8. The summed E-state index contributed by atoms with van der Waals surface area (Å²) in [5, 5.41) is 3.41. The first-order valence-electron chi connectivity index (χ1n) is 6.48. The predicted octanol–water partition coefficient (Wildman–Crippen LogP) is 2.63. The molecule has 0 spiro atoms. The van der Waals surface area contributed by atoms with Crippen molar-refractivity contribution in [2.75, 3.05) is 13.7 Å². The smallest absolute Gasteiger partial charge is 0.255 e. The van der Waals surface area contributed by atoms with Gasteiger partial charge < -0.3 is 20.5 Å². The minimum Gasteiger partial charge on any atom is -0.493 e. The van der Waals surface area contributed by atoms with Gasteiger partial charge >= 0.3 is 0 Å². The molecule has 0 bridgehead atoms. The van der Waals surface area contributed by atoms with E-state index in [1.165, 1.54) is 0 Å². The molecule has 1 aromatic rings. The van der Waals surface area contributed by atoms with E-state index in [9.17, 15) is 4.79 Å². The summed E-state index contributed by atoms with van der Waals surface area (Å²) < 4.78 is 11.4. The fourth-order valence-electron chi connectivity index (χ4n) is 1.60. The van der Waals surface area contributed by atoms with E-state index in [4.69, 9.17) is 15.2 Å². The van der Waals surface area contributed by atoms with Crippen LogP contribution in [0.1, 0.15) is 25.8 Å². The van der Waals surface area contributed by atoms with Gasteiger partial charge in [0.1, 0.15) is 0 Å². The van der Waals surface area contributed by atoms with Gasteiger partial charge in [0.15, 0.2) is 18.1 Å². The van der Waals surface area contributed by atoms with Gasteiger partial charge in [-0.3, -0.25) is 4.79 Å². The van der Waals surface area contributed by atoms with E-state index in [-0.39, 0.29) is 19.0 Å². The van der Waals surface area contributed by atoms with Crippen LogP contribution in [0.5, 0.6) is 11.5 Å². The first-order chi connectivity index (χ1) is 9.47. The number of nitrogens with one attached hydrogen (secondary N) is 1. The Morgan fingerprint density at radius 3 is 2.67 bits per heavy atom. The topological polar surface area (TPSA) is 73.6 Å². The molecule has 0 radical (unpaired) electrons. The maximum Gasteiger partial charge on any atom is 0.255 e. The number of primary amides is 1. The fourth-order valence-corrected chi connectivity index (χ4v) is 2.20. The van der Waals surface area contributed by atoms with E-state index in [1.807, 2.05) is 12.1 Å². The molecule has 0 aliphatic heterocycles. The zero-order valence-electron chi connectivity index (χ0n) is 12.4. The molecule has 0 aliphatic rings. The highest BCUT2D eigenvalue weighted by molar-refractivity contribution is 9.10. The van der Waals surface area contributed by atoms with Crippen LogP contribution in [0.2, 0.25) is 0 Å². The highest BCUT2D eigenvalue weighted by atomic mass is 79.9. The van der Waals surface area contributed by atoms with Crippen molar-refractivity contribution in [1.29, 1.82) is 0 Å². The van der Waals surface area contributed by atoms with E-state index in [0.29, 0.717) is 17.5 Å². The van der Waals surface area contributed by atoms with Crippen molar-refractivity contribution in [2.24, 2.45) is 5.73 Å². The van der Waals surface area contributed by atoms with Gasteiger partial charge in [0.2, 0.25) is 0 Å². The molecule has 1 unspecified atom stereocenters. The van der Waals surface area contributed by atoms with Crippen LogP contribution in [0.15, 0.2) is 16.6 Å². The summed E-state index contributed by atoms with van der Waals surface area (Å²) in [6.45, 7) is 4.82. The molecule has 7 heteroatoms. The van der Waals surface area contributed by atoms with Gasteiger partial charge in [0.25, 0.3) is 5.91 Å². The lowest BCUT2D eigenvalue weighted by Gasteiger charge is -2.15. The van der Waals surface area contributed by atoms with Crippen LogP contribution >= 0.6 is 28.3 Å². The third kappa shape index (κ3) is 6.54. The molecule has 0 saturated carbocycles. The third-order valence-electron chi connectivity index (χ3n) is 2.92. The number of amides is 1. The van der Waals surface area contributed by atoms with Crippen LogP contribution in [-0.4, -0.2) is 25.7 Å². The maximum absolute atomic E-state index is 10.8. The number of rotatable bonds is 8. The van der Waals surface area contributed by atoms with Crippen LogP contribution in [-0.2, 0) is 11.3 Å². The van der Waals surface area contributed by atoms with Crippen LogP contribution < -0.4 is 20.5 Å². The minimum absolute atomic E-state index is 0. The van der Waals surface area contributed by atoms with Gasteiger partial charge in [-0.25, -0.2) is 0 Å². The van der Waals surface area contributed by atoms with Crippen LogP contribution in [0.4, 0.5) is 0 Å². The number of methoxy groups -OCH3 is 1.